The molecule has 0 fully saturated rings. The third kappa shape index (κ3) is 3.20. The molecule has 5 rings (SSSR count). The lowest BCUT2D eigenvalue weighted by atomic mass is 10.1. The maximum absolute atomic E-state index is 13.7. The number of sulfonamides is 1. The lowest BCUT2D eigenvalue weighted by Crippen LogP contribution is -2.40. The Balaban J connectivity index is 1.66. The molecule has 0 spiro atoms. The van der Waals surface area contributed by atoms with Gasteiger partial charge in [0.05, 0.1) is 23.1 Å². The molecule has 156 valence electrons. The standard InChI is InChI=1S/C20H16ClN7O2S/c1-12(27-20-17-19(24-10-23-17)25-11-26-20)15-9-13-5-4-6-14(21)18(13)31(29,30)28(15)16-7-2-3-8-22-16/h2-12H,1H3,(H2,23,24,25,26,27). The van der Waals surface area contributed by atoms with Gasteiger partial charge in [0.25, 0.3) is 10.0 Å². The predicted octanol–water partition coefficient (Wildman–Crippen LogP) is 3.45. The minimum absolute atomic E-state index is 0.0509. The summed E-state index contributed by atoms with van der Waals surface area (Å²) in [5.41, 5.74) is 2.11. The highest BCUT2D eigenvalue weighted by Gasteiger charge is 2.38. The van der Waals surface area contributed by atoms with Gasteiger partial charge in [-0.15, -0.1) is 0 Å². The molecule has 0 radical (unpaired) electrons. The average Bonchev–Trinajstić information content (AvgIpc) is 3.23. The van der Waals surface area contributed by atoms with Crippen molar-refractivity contribution in [3.05, 3.63) is 71.5 Å². The molecular formula is C20H16ClN7O2S. The highest BCUT2D eigenvalue weighted by atomic mass is 35.5. The summed E-state index contributed by atoms with van der Waals surface area (Å²) in [4.78, 5) is 19.9. The van der Waals surface area contributed by atoms with E-state index in [0.717, 1.165) is 0 Å². The first-order valence-corrected chi connectivity index (χ1v) is 11.2. The number of hydrogen-bond acceptors (Lipinski definition) is 7. The Bertz CT molecular complexity index is 1420. The number of anilines is 2. The zero-order chi connectivity index (χ0) is 21.6. The van der Waals surface area contributed by atoms with Gasteiger partial charge >= 0.3 is 0 Å². The number of fused-ring (bicyclic) bond motifs is 2. The predicted molar refractivity (Wildman–Crippen MR) is 118 cm³/mol. The van der Waals surface area contributed by atoms with Crippen LogP contribution in [-0.4, -0.2) is 39.4 Å². The molecule has 0 bridgehead atoms. The molecule has 4 heterocycles. The fourth-order valence-electron chi connectivity index (χ4n) is 3.54. The quantitative estimate of drug-likeness (QED) is 0.486. The van der Waals surface area contributed by atoms with Gasteiger partial charge in [-0.1, -0.05) is 29.8 Å². The van der Waals surface area contributed by atoms with E-state index in [-0.39, 0.29) is 15.7 Å². The minimum atomic E-state index is -4.01. The van der Waals surface area contributed by atoms with Crippen molar-refractivity contribution in [3.63, 3.8) is 0 Å². The second-order valence-electron chi connectivity index (χ2n) is 6.87. The summed E-state index contributed by atoms with van der Waals surface area (Å²) < 4.78 is 28.5. The first-order chi connectivity index (χ1) is 15.0. The summed E-state index contributed by atoms with van der Waals surface area (Å²) in [6, 6.07) is 9.61. The van der Waals surface area contributed by atoms with E-state index in [1.165, 1.54) is 17.0 Å². The molecule has 11 heteroatoms. The number of hydrogen-bond donors (Lipinski definition) is 2. The molecule has 9 nitrogen and oxygen atoms in total. The van der Waals surface area contributed by atoms with Crippen molar-refractivity contribution in [2.75, 3.05) is 9.62 Å². The van der Waals surface area contributed by atoms with Gasteiger partial charge in [0.1, 0.15) is 22.6 Å². The van der Waals surface area contributed by atoms with E-state index >= 15 is 0 Å². The summed E-state index contributed by atoms with van der Waals surface area (Å²) in [5.74, 6) is 0.746. The smallest absolute Gasteiger partial charge is 0.271 e. The van der Waals surface area contributed by atoms with Crippen LogP contribution in [0.2, 0.25) is 5.02 Å². The highest BCUT2D eigenvalue weighted by Crippen LogP contribution is 2.39. The molecule has 0 saturated heterocycles. The van der Waals surface area contributed by atoms with Gasteiger partial charge in [-0.05, 0) is 36.8 Å². The molecule has 1 unspecified atom stereocenters. The summed E-state index contributed by atoms with van der Waals surface area (Å²) in [5, 5.41) is 3.41. The van der Waals surface area contributed by atoms with Crippen LogP contribution in [0, 0.1) is 0 Å². The highest BCUT2D eigenvalue weighted by molar-refractivity contribution is 7.93. The Morgan fingerprint density at radius 1 is 1.10 bits per heavy atom. The third-order valence-corrected chi connectivity index (χ3v) is 7.18. The molecule has 3 aromatic heterocycles. The van der Waals surface area contributed by atoms with Gasteiger partial charge in [-0.3, -0.25) is 0 Å². The molecule has 31 heavy (non-hydrogen) atoms. The number of nitrogens with zero attached hydrogens (tertiary/aromatic N) is 5. The van der Waals surface area contributed by atoms with Gasteiger partial charge in [-0.25, -0.2) is 32.7 Å². The Morgan fingerprint density at radius 3 is 2.77 bits per heavy atom. The van der Waals surface area contributed by atoms with Crippen molar-refractivity contribution >= 4 is 50.5 Å². The lowest BCUT2D eigenvalue weighted by Gasteiger charge is -2.34. The Hall–Kier alpha value is -3.50. The van der Waals surface area contributed by atoms with Crippen LogP contribution in [0.4, 0.5) is 11.6 Å². The zero-order valence-corrected chi connectivity index (χ0v) is 17.8. The van der Waals surface area contributed by atoms with Gasteiger partial charge in [-0.2, -0.15) is 0 Å². The largest absolute Gasteiger partial charge is 0.360 e. The molecule has 0 aliphatic carbocycles. The van der Waals surface area contributed by atoms with Crippen molar-refractivity contribution in [1.29, 1.82) is 0 Å². The normalized spacial score (nSPS) is 15.9. The topological polar surface area (TPSA) is 117 Å². The molecule has 4 aromatic rings. The first-order valence-electron chi connectivity index (χ1n) is 9.34. The van der Waals surface area contributed by atoms with Crippen molar-refractivity contribution in [2.45, 2.75) is 17.9 Å². The number of aromatic nitrogens is 5. The van der Waals surface area contributed by atoms with Gasteiger partial charge in [0, 0.05) is 6.20 Å². The molecule has 2 N–H and O–H groups in total. The number of rotatable bonds is 4. The van der Waals surface area contributed by atoms with Crippen LogP contribution in [0.5, 0.6) is 0 Å². The van der Waals surface area contributed by atoms with Crippen molar-refractivity contribution in [2.24, 2.45) is 0 Å². The maximum Gasteiger partial charge on any atom is 0.271 e. The summed E-state index contributed by atoms with van der Waals surface area (Å²) in [7, 11) is -4.01. The summed E-state index contributed by atoms with van der Waals surface area (Å²) in [6.07, 6.45) is 6.27. The second kappa shape index (κ2) is 7.33. The molecule has 0 amide bonds. The van der Waals surface area contributed by atoms with Crippen LogP contribution in [-0.2, 0) is 10.0 Å². The van der Waals surface area contributed by atoms with Gasteiger partial charge in [0.2, 0.25) is 0 Å². The number of benzene rings is 1. The number of pyridine rings is 1. The number of imidazole rings is 1. The van der Waals surface area contributed by atoms with E-state index in [4.69, 9.17) is 11.6 Å². The first kappa shape index (κ1) is 19.5. The van der Waals surface area contributed by atoms with Crippen molar-refractivity contribution in [1.82, 2.24) is 24.9 Å². The van der Waals surface area contributed by atoms with E-state index in [1.54, 1.807) is 48.7 Å². The zero-order valence-electron chi connectivity index (χ0n) is 16.2. The van der Waals surface area contributed by atoms with Crippen molar-refractivity contribution < 1.29 is 8.42 Å². The average molecular weight is 454 g/mol. The van der Waals surface area contributed by atoms with Crippen LogP contribution in [0.1, 0.15) is 12.5 Å². The Labute approximate surface area is 182 Å². The number of nitrogens with one attached hydrogen (secondary N) is 2. The fourth-order valence-corrected chi connectivity index (χ4v) is 5.78. The molecule has 0 saturated carbocycles. The molecular weight excluding hydrogens is 438 g/mol. The fraction of sp³-hybridized carbons (Fsp3) is 0.100. The van der Waals surface area contributed by atoms with E-state index in [0.29, 0.717) is 28.2 Å². The second-order valence-corrected chi connectivity index (χ2v) is 9.00. The monoisotopic (exact) mass is 453 g/mol. The third-order valence-electron chi connectivity index (χ3n) is 4.91. The number of H-pyrrole nitrogens is 1. The van der Waals surface area contributed by atoms with Crippen LogP contribution in [0.25, 0.3) is 17.2 Å². The van der Waals surface area contributed by atoms with E-state index < -0.39 is 16.1 Å². The minimum Gasteiger partial charge on any atom is -0.360 e. The van der Waals surface area contributed by atoms with Crippen LogP contribution in [0.15, 0.2) is 65.8 Å². The SMILES string of the molecule is CC(Nc1ncnc2[nH]cnc12)C1=Cc2cccc(Cl)c2S(=O)(=O)N1c1ccccn1. The van der Waals surface area contributed by atoms with Crippen molar-refractivity contribution in [3.8, 4) is 0 Å². The lowest BCUT2D eigenvalue weighted by molar-refractivity contribution is 0.591. The van der Waals surface area contributed by atoms with Gasteiger partial charge in [0.15, 0.2) is 11.5 Å². The Kier molecular flexibility index (Phi) is 4.60. The number of aromatic amines is 1. The van der Waals surface area contributed by atoms with Gasteiger partial charge < -0.3 is 10.3 Å². The number of halogens is 1. The summed E-state index contributed by atoms with van der Waals surface area (Å²) in [6.45, 7) is 1.84. The van der Waals surface area contributed by atoms with Crippen LogP contribution in [0.3, 0.4) is 0 Å². The molecule has 1 aliphatic heterocycles. The van der Waals surface area contributed by atoms with E-state index in [9.17, 15) is 8.42 Å². The molecule has 1 aromatic carbocycles. The molecule has 1 aliphatic rings. The maximum atomic E-state index is 13.7. The Morgan fingerprint density at radius 2 is 1.97 bits per heavy atom. The van der Waals surface area contributed by atoms with E-state index in [2.05, 4.69) is 30.2 Å². The van der Waals surface area contributed by atoms with E-state index in [1.807, 2.05) is 6.92 Å². The molecule has 1 atom stereocenters. The summed E-state index contributed by atoms with van der Waals surface area (Å²) >= 11 is 6.29. The van der Waals surface area contributed by atoms with Crippen LogP contribution >= 0.6 is 11.6 Å². The van der Waals surface area contributed by atoms with Crippen LogP contribution < -0.4 is 9.62 Å².